The monoisotopic (exact) mass is 520 g/mol. The average molecular weight is 522 g/mol. The van der Waals surface area contributed by atoms with Crippen LogP contribution in [-0.4, -0.2) is 42.5 Å². The highest BCUT2D eigenvalue weighted by Gasteiger charge is 2.32. The van der Waals surface area contributed by atoms with Crippen molar-refractivity contribution >= 4 is 40.7 Å². The van der Waals surface area contributed by atoms with Gasteiger partial charge >= 0.3 is 6.36 Å². The van der Waals surface area contributed by atoms with Crippen molar-refractivity contribution in [1.29, 1.82) is 0 Å². The maximum Gasteiger partial charge on any atom is 0.573 e. The lowest BCUT2D eigenvalue weighted by Gasteiger charge is -2.36. The lowest BCUT2D eigenvalue weighted by molar-refractivity contribution is -0.274. The van der Waals surface area contributed by atoms with Gasteiger partial charge in [-0.1, -0.05) is 18.2 Å². The van der Waals surface area contributed by atoms with E-state index in [-0.39, 0.29) is 40.8 Å². The maximum absolute atomic E-state index is 13.7. The van der Waals surface area contributed by atoms with Crippen molar-refractivity contribution in [2.24, 2.45) is 0 Å². The molecule has 4 nitrogen and oxygen atoms in total. The van der Waals surface area contributed by atoms with Gasteiger partial charge in [0, 0.05) is 31.7 Å². The number of nitrogens with zero attached hydrogens (tertiary/aromatic N) is 1. The maximum atomic E-state index is 13.7. The van der Waals surface area contributed by atoms with E-state index in [1.807, 2.05) is 0 Å². The molecule has 0 saturated carbocycles. The number of phenols is 1. The summed E-state index contributed by atoms with van der Waals surface area (Å²) in [7, 11) is 0. The molecule has 162 valence electrons. The third-order valence-corrected chi connectivity index (χ3v) is 5.10. The number of nitrogens with one attached hydrogen (secondary N) is 1. The van der Waals surface area contributed by atoms with Crippen LogP contribution < -0.4 is 10.1 Å². The molecule has 1 atom stereocenters. The zero-order chi connectivity index (χ0) is 19.6. The summed E-state index contributed by atoms with van der Waals surface area (Å²) in [6.45, 7) is 2.80. The molecule has 1 saturated heterocycles. The Morgan fingerprint density at radius 2 is 1.62 bits per heavy atom. The van der Waals surface area contributed by atoms with Gasteiger partial charge in [0.25, 0.3) is 0 Å². The third-order valence-electron chi connectivity index (χ3n) is 4.34. The fraction of sp³-hybridized carbons (Fsp3) is 0.333. The van der Waals surface area contributed by atoms with Gasteiger partial charge in [0.1, 0.15) is 17.3 Å². The first-order chi connectivity index (χ1) is 12.8. The van der Waals surface area contributed by atoms with Crippen LogP contribution in [0.5, 0.6) is 11.5 Å². The van der Waals surface area contributed by atoms with Crippen molar-refractivity contribution in [2.75, 3.05) is 26.2 Å². The molecule has 0 amide bonds. The van der Waals surface area contributed by atoms with Crippen LogP contribution in [0.4, 0.5) is 17.6 Å². The smallest absolute Gasteiger partial charge is 0.506 e. The topological polar surface area (TPSA) is 44.7 Å². The normalized spacial score (nSPS) is 15.8. The molecule has 29 heavy (non-hydrogen) atoms. The minimum atomic E-state index is -4.76. The summed E-state index contributed by atoms with van der Waals surface area (Å²) >= 11 is 3.04. The Bertz CT molecular complexity index is 804. The number of phenolic OH excluding ortho intramolecular Hbond substituents is 1. The lowest BCUT2D eigenvalue weighted by atomic mass is 9.95. The van der Waals surface area contributed by atoms with Crippen molar-refractivity contribution in [3.05, 3.63) is 57.8 Å². The number of hydrogen-bond acceptors (Lipinski definition) is 4. The molecular weight excluding hydrogens is 503 g/mol. The first kappa shape index (κ1) is 25.8. The van der Waals surface area contributed by atoms with Crippen LogP contribution in [0.3, 0.4) is 0 Å². The molecular formula is C18H19BrCl2F4N2O2. The largest absolute Gasteiger partial charge is 0.573 e. The molecule has 3 rings (SSSR count). The number of benzene rings is 2. The van der Waals surface area contributed by atoms with Crippen LogP contribution in [0, 0.1) is 5.82 Å². The predicted molar refractivity (Wildman–Crippen MR) is 110 cm³/mol. The van der Waals surface area contributed by atoms with Crippen molar-refractivity contribution in [3.8, 4) is 11.5 Å². The van der Waals surface area contributed by atoms with E-state index in [1.54, 1.807) is 0 Å². The second kappa shape index (κ2) is 10.7. The number of rotatable bonds is 4. The highest BCUT2D eigenvalue weighted by molar-refractivity contribution is 9.10. The van der Waals surface area contributed by atoms with Gasteiger partial charge in [0.05, 0.1) is 10.5 Å². The van der Waals surface area contributed by atoms with Crippen LogP contribution in [-0.2, 0) is 0 Å². The molecule has 0 unspecified atom stereocenters. The number of hydrogen-bond donors (Lipinski definition) is 2. The second-order valence-corrected chi connectivity index (χ2v) is 6.90. The molecule has 0 aliphatic carbocycles. The third kappa shape index (κ3) is 6.36. The summed E-state index contributed by atoms with van der Waals surface area (Å²) in [4.78, 5) is 2.08. The van der Waals surface area contributed by atoms with Crippen LogP contribution in [0.15, 0.2) is 40.9 Å². The molecule has 2 aromatic carbocycles. The second-order valence-electron chi connectivity index (χ2n) is 6.10. The number of piperazine rings is 1. The minimum absolute atomic E-state index is 0. The Hall–Kier alpha value is -1.26. The molecule has 2 N–H and O–H groups in total. The number of halogens is 7. The average Bonchev–Trinajstić information content (AvgIpc) is 2.63. The molecule has 0 bridgehead atoms. The fourth-order valence-electron chi connectivity index (χ4n) is 3.15. The van der Waals surface area contributed by atoms with Crippen LogP contribution in [0.2, 0.25) is 0 Å². The van der Waals surface area contributed by atoms with E-state index in [2.05, 4.69) is 30.9 Å². The van der Waals surface area contributed by atoms with Gasteiger partial charge in [-0.3, -0.25) is 4.90 Å². The summed E-state index contributed by atoms with van der Waals surface area (Å²) < 4.78 is 54.7. The molecule has 1 heterocycles. The number of alkyl halides is 3. The molecule has 1 fully saturated rings. The van der Waals surface area contributed by atoms with Gasteiger partial charge in [-0.05, 0) is 39.7 Å². The zero-order valence-electron chi connectivity index (χ0n) is 14.9. The van der Waals surface area contributed by atoms with Crippen LogP contribution in [0.25, 0.3) is 0 Å². The molecule has 0 aromatic heterocycles. The first-order valence-corrected chi connectivity index (χ1v) is 9.03. The minimum Gasteiger partial charge on any atom is -0.506 e. The molecule has 11 heteroatoms. The Morgan fingerprint density at radius 3 is 2.17 bits per heavy atom. The van der Waals surface area contributed by atoms with E-state index < -0.39 is 18.2 Å². The number of aromatic hydroxyl groups is 1. The van der Waals surface area contributed by atoms with E-state index >= 15 is 0 Å². The summed E-state index contributed by atoms with van der Waals surface area (Å²) in [6.07, 6.45) is -4.76. The Labute approximate surface area is 186 Å². The first-order valence-electron chi connectivity index (χ1n) is 8.23. The van der Waals surface area contributed by atoms with Gasteiger partial charge in [0.15, 0.2) is 0 Å². The molecule has 1 aliphatic rings. The summed E-state index contributed by atoms with van der Waals surface area (Å²) in [5.41, 5.74) is 1.13. The Kier molecular flexibility index (Phi) is 9.49. The Morgan fingerprint density at radius 1 is 1.03 bits per heavy atom. The Balaban J connectivity index is 0.00000210. The molecule has 0 spiro atoms. The van der Waals surface area contributed by atoms with Gasteiger partial charge in [0.2, 0.25) is 0 Å². The van der Waals surface area contributed by atoms with Crippen LogP contribution in [0.1, 0.15) is 17.2 Å². The quantitative estimate of drug-likeness (QED) is 0.554. The van der Waals surface area contributed by atoms with E-state index in [1.165, 1.54) is 36.4 Å². The number of ether oxygens (including phenoxy) is 1. The van der Waals surface area contributed by atoms with E-state index in [0.717, 1.165) is 13.1 Å². The molecule has 1 aliphatic heterocycles. The molecule has 0 radical (unpaired) electrons. The lowest BCUT2D eigenvalue weighted by Crippen LogP contribution is -2.45. The van der Waals surface area contributed by atoms with Crippen molar-refractivity contribution in [3.63, 3.8) is 0 Å². The van der Waals surface area contributed by atoms with E-state index in [4.69, 9.17) is 0 Å². The summed E-state index contributed by atoms with van der Waals surface area (Å²) in [5, 5.41) is 13.7. The summed E-state index contributed by atoms with van der Waals surface area (Å²) in [6, 6.07) is 7.79. The highest BCUT2D eigenvalue weighted by atomic mass is 79.9. The standard InChI is InChI=1S/C18H17BrF4N2O2.2ClH/c19-15-14(20)6-5-13(17(15)26)16(25-9-7-24-8-10-25)11-1-3-12(4-2-11)27-18(21,22)23;;/h1-6,16,24,26H,7-10H2;2*1H/t16-;;/m0../s1. The van der Waals surface area contributed by atoms with Crippen molar-refractivity contribution in [1.82, 2.24) is 10.2 Å². The van der Waals surface area contributed by atoms with Gasteiger partial charge in [-0.25, -0.2) is 4.39 Å². The van der Waals surface area contributed by atoms with Gasteiger partial charge in [-0.2, -0.15) is 0 Å². The summed E-state index contributed by atoms with van der Waals surface area (Å²) in [5.74, 6) is -1.15. The SMILES string of the molecule is Cl.Cl.Oc1c([C@H](c2ccc(OC(F)(F)F)cc2)N2CCNCC2)ccc(F)c1Br. The highest BCUT2D eigenvalue weighted by Crippen LogP contribution is 2.40. The van der Waals surface area contributed by atoms with Crippen LogP contribution >= 0.6 is 40.7 Å². The van der Waals surface area contributed by atoms with Gasteiger partial charge < -0.3 is 15.2 Å². The van der Waals surface area contributed by atoms with Crippen molar-refractivity contribution in [2.45, 2.75) is 12.4 Å². The predicted octanol–water partition coefficient (Wildman–Crippen LogP) is 5.03. The van der Waals surface area contributed by atoms with E-state index in [9.17, 15) is 22.7 Å². The van der Waals surface area contributed by atoms with Crippen molar-refractivity contribution < 1.29 is 27.4 Å². The fourth-order valence-corrected chi connectivity index (χ4v) is 3.52. The van der Waals surface area contributed by atoms with Gasteiger partial charge in [-0.15, -0.1) is 38.0 Å². The zero-order valence-corrected chi connectivity index (χ0v) is 18.1. The molecule has 2 aromatic rings. The van der Waals surface area contributed by atoms with E-state index in [0.29, 0.717) is 24.2 Å².